The second-order valence-corrected chi connectivity index (χ2v) is 8.35. The number of aryl methyl sites for hydroxylation is 2. The van der Waals surface area contributed by atoms with Gasteiger partial charge in [0.2, 0.25) is 0 Å². The predicted molar refractivity (Wildman–Crippen MR) is 150 cm³/mol. The molecule has 0 unspecified atom stereocenters. The largest absolute Gasteiger partial charge is 0.494 e. The Bertz CT molecular complexity index is 1320. The first-order valence-corrected chi connectivity index (χ1v) is 12.4. The standard InChI is InChI=1S/C29H32N4O6/c1-5-37-23-13-11-22(12-14-23)31-26(34)18-39-24-15-10-21(16-25(24)38-6-2)17-30-33-29(36)28(35)32-27-19(3)8-7-9-20(27)4/h7-17H,5-6,18H2,1-4H3,(H,31,34)(H,32,35)(H,33,36)/b30-17-. The van der Waals surface area contributed by atoms with Crippen molar-refractivity contribution in [3.63, 3.8) is 0 Å². The topological polar surface area (TPSA) is 127 Å². The monoisotopic (exact) mass is 532 g/mol. The van der Waals surface area contributed by atoms with Crippen molar-refractivity contribution in [1.82, 2.24) is 5.43 Å². The van der Waals surface area contributed by atoms with Crippen LogP contribution in [-0.4, -0.2) is 43.8 Å². The maximum absolute atomic E-state index is 12.3. The first kappa shape index (κ1) is 28.7. The van der Waals surface area contributed by atoms with Gasteiger partial charge in [-0.2, -0.15) is 5.10 Å². The zero-order chi connectivity index (χ0) is 28.2. The molecule has 3 aromatic carbocycles. The summed E-state index contributed by atoms with van der Waals surface area (Å²) in [4.78, 5) is 36.8. The van der Waals surface area contributed by atoms with Crippen LogP contribution >= 0.6 is 0 Å². The summed E-state index contributed by atoms with van der Waals surface area (Å²) in [5.41, 5.74) is 5.70. The van der Waals surface area contributed by atoms with Gasteiger partial charge >= 0.3 is 11.8 Å². The SMILES string of the molecule is CCOc1ccc(NC(=O)COc2ccc(/C=N\NC(=O)C(=O)Nc3c(C)cccc3C)cc2OCC)cc1. The number of nitrogens with one attached hydrogen (secondary N) is 3. The van der Waals surface area contributed by atoms with E-state index < -0.39 is 11.8 Å². The minimum atomic E-state index is -0.905. The van der Waals surface area contributed by atoms with Gasteiger partial charge in [-0.05, 0) is 86.8 Å². The quantitative estimate of drug-likeness (QED) is 0.193. The Hall–Kier alpha value is -4.86. The van der Waals surface area contributed by atoms with Crippen LogP contribution in [0, 0.1) is 13.8 Å². The molecule has 3 N–H and O–H groups in total. The van der Waals surface area contributed by atoms with Gasteiger partial charge in [-0.15, -0.1) is 0 Å². The highest BCUT2D eigenvalue weighted by Gasteiger charge is 2.15. The molecule has 3 rings (SSSR count). The molecule has 10 heteroatoms. The van der Waals surface area contributed by atoms with E-state index in [1.54, 1.807) is 42.5 Å². The number of benzene rings is 3. The van der Waals surface area contributed by atoms with Gasteiger partial charge in [-0.1, -0.05) is 18.2 Å². The third-order valence-corrected chi connectivity index (χ3v) is 5.38. The molecular formula is C29H32N4O6. The number of hydrogen-bond acceptors (Lipinski definition) is 7. The third-order valence-electron chi connectivity index (χ3n) is 5.38. The molecule has 3 amide bonds. The first-order chi connectivity index (χ1) is 18.8. The second kappa shape index (κ2) is 14.2. The minimum absolute atomic E-state index is 0.230. The number of nitrogens with zero attached hydrogens (tertiary/aromatic N) is 1. The summed E-state index contributed by atoms with van der Waals surface area (Å²) < 4.78 is 16.7. The van der Waals surface area contributed by atoms with Gasteiger partial charge in [0.25, 0.3) is 5.91 Å². The Labute approximate surface area is 227 Å². The number of rotatable bonds is 11. The summed E-state index contributed by atoms with van der Waals surface area (Å²) >= 11 is 0. The molecule has 39 heavy (non-hydrogen) atoms. The van der Waals surface area contributed by atoms with Crippen molar-refractivity contribution in [3.8, 4) is 17.2 Å². The number of amides is 3. The number of ether oxygens (including phenoxy) is 3. The van der Waals surface area contributed by atoms with Gasteiger partial charge in [0.1, 0.15) is 5.75 Å². The van der Waals surface area contributed by atoms with E-state index in [1.807, 2.05) is 45.9 Å². The molecule has 0 aliphatic carbocycles. The molecule has 0 saturated carbocycles. The van der Waals surface area contributed by atoms with Crippen molar-refractivity contribution in [2.24, 2.45) is 5.10 Å². The van der Waals surface area contributed by atoms with E-state index in [2.05, 4.69) is 21.2 Å². The van der Waals surface area contributed by atoms with Crippen LogP contribution in [0.5, 0.6) is 17.2 Å². The molecule has 0 spiro atoms. The molecule has 10 nitrogen and oxygen atoms in total. The lowest BCUT2D eigenvalue weighted by atomic mass is 10.1. The Morgan fingerprint density at radius 3 is 2.15 bits per heavy atom. The fraction of sp³-hybridized carbons (Fsp3) is 0.241. The van der Waals surface area contributed by atoms with Crippen molar-refractivity contribution in [2.45, 2.75) is 27.7 Å². The molecule has 0 aliphatic heterocycles. The average molecular weight is 533 g/mol. The summed E-state index contributed by atoms with van der Waals surface area (Å²) in [7, 11) is 0. The van der Waals surface area contributed by atoms with Crippen molar-refractivity contribution in [3.05, 3.63) is 77.4 Å². The average Bonchev–Trinajstić information content (AvgIpc) is 2.91. The molecular weight excluding hydrogens is 500 g/mol. The summed E-state index contributed by atoms with van der Waals surface area (Å²) in [5.74, 6) is -0.586. The van der Waals surface area contributed by atoms with Gasteiger partial charge in [0.15, 0.2) is 18.1 Å². The lowest BCUT2D eigenvalue weighted by Crippen LogP contribution is -2.32. The molecule has 0 aliphatic rings. The van der Waals surface area contributed by atoms with E-state index in [1.165, 1.54) is 6.21 Å². The lowest BCUT2D eigenvalue weighted by Gasteiger charge is -2.13. The van der Waals surface area contributed by atoms with Crippen LogP contribution in [0.2, 0.25) is 0 Å². The summed E-state index contributed by atoms with van der Waals surface area (Å²) in [6.45, 7) is 8.10. The van der Waals surface area contributed by atoms with Crippen molar-refractivity contribution >= 4 is 35.3 Å². The summed E-state index contributed by atoms with van der Waals surface area (Å²) in [6, 6.07) is 17.5. The van der Waals surface area contributed by atoms with Gasteiger partial charge < -0.3 is 24.8 Å². The molecule has 3 aromatic rings. The van der Waals surface area contributed by atoms with Crippen LogP contribution < -0.4 is 30.3 Å². The highest BCUT2D eigenvalue weighted by Crippen LogP contribution is 2.28. The first-order valence-electron chi connectivity index (χ1n) is 12.4. The Balaban J connectivity index is 1.55. The van der Waals surface area contributed by atoms with Crippen molar-refractivity contribution in [2.75, 3.05) is 30.5 Å². The molecule has 0 atom stereocenters. The highest BCUT2D eigenvalue weighted by atomic mass is 16.5. The number of carbonyl (C=O) groups is 3. The highest BCUT2D eigenvalue weighted by molar-refractivity contribution is 6.39. The predicted octanol–water partition coefficient (Wildman–Crippen LogP) is 4.21. The van der Waals surface area contributed by atoms with Crippen LogP contribution in [0.3, 0.4) is 0 Å². The molecule has 0 radical (unpaired) electrons. The van der Waals surface area contributed by atoms with Crippen molar-refractivity contribution < 1.29 is 28.6 Å². The van der Waals surface area contributed by atoms with Gasteiger partial charge in [-0.3, -0.25) is 14.4 Å². The summed E-state index contributed by atoms with van der Waals surface area (Å²) in [6.07, 6.45) is 1.37. The molecule has 0 heterocycles. The van der Waals surface area contributed by atoms with Crippen LogP contribution in [0.25, 0.3) is 0 Å². The molecule has 0 fully saturated rings. The Morgan fingerprint density at radius 2 is 1.49 bits per heavy atom. The van der Waals surface area contributed by atoms with Crippen LogP contribution in [-0.2, 0) is 14.4 Å². The second-order valence-electron chi connectivity index (χ2n) is 8.35. The van der Waals surface area contributed by atoms with Crippen LogP contribution in [0.1, 0.15) is 30.5 Å². The van der Waals surface area contributed by atoms with Gasteiger partial charge in [0, 0.05) is 11.4 Å². The van der Waals surface area contributed by atoms with E-state index in [9.17, 15) is 14.4 Å². The lowest BCUT2D eigenvalue weighted by molar-refractivity contribution is -0.136. The minimum Gasteiger partial charge on any atom is -0.494 e. The van der Waals surface area contributed by atoms with E-state index in [4.69, 9.17) is 14.2 Å². The van der Waals surface area contributed by atoms with Gasteiger partial charge in [-0.25, -0.2) is 5.43 Å². The maximum Gasteiger partial charge on any atom is 0.329 e. The van der Waals surface area contributed by atoms with Crippen LogP contribution in [0.15, 0.2) is 65.8 Å². The Kier molecular flexibility index (Phi) is 10.4. The van der Waals surface area contributed by atoms with E-state index in [0.29, 0.717) is 41.7 Å². The number of para-hydroxylation sites is 1. The molecule has 204 valence electrons. The summed E-state index contributed by atoms with van der Waals surface area (Å²) in [5, 5.41) is 9.23. The fourth-order valence-electron chi connectivity index (χ4n) is 3.53. The molecule has 0 aromatic heterocycles. The number of carbonyl (C=O) groups excluding carboxylic acids is 3. The number of hydrazone groups is 1. The smallest absolute Gasteiger partial charge is 0.329 e. The van der Waals surface area contributed by atoms with Gasteiger partial charge in [0.05, 0.1) is 19.4 Å². The van der Waals surface area contributed by atoms with Crippen molar-refractivity contribution in [1.29, 1.82) is 0 Å². The maximum atomic E-state index is 12.3. The van der Waals surface area contributed by atoms with E-state index in [0.717, 1.165) is 16.9 Å². The number of hydrogen-bond donors (Lipinski definition) is 3. The zero-order valence-corrected chi connectivity index (χ0v) is 22.4. The fourth-order valence-corrected chi connectivity index (χ4v) is 3.53. The van der Waals surface area contributed by atoms with E-state index >= 15 is 0 Å². The van der Waals surface area contributed by atoms with Crippen LogP contribution in [0.4, 0.5) is 11.4 Å². The normalized spacial score (nSPS) is 10.6. The molecule has 0 saturated heterocycles. The zero-order valence-electron chi connectivity index (χ0n) is 22.4. The third kappa shape index (κ3) is 8.60. The Morgan fingerprint density at radius 1 is 0.795 bits per heavy atom. The molecule has 0 bridgehead atoms. The number of anilines is 2. The van der Waals surface area contributed by atoms with E-state index in [-0.39, 0.29) is 12.5 Å².